The first-order valence-electron chi connectivity index (χ1n) is 11.6. The van der Waals surface area contributed by atoms with Crippen LogP contribution in [0.15, 0.2) is 36.7 Å². The van der Waals surface area contributed by atoms with Gasteiger partial charge >= 0.3 is 27.0 Å². The molecule has 1 fully saturated rings. The van der Waals surface area contributed by atoms with Gasteiger partial charge in [-0.15, -0.1) is 13.1 Å². The maximum atomic E-state index is 10.2. The van der Waals surface area contributed by atoms with Crippen molar-refractivity contribution in [2.45, 2.75) is 61.1 Å². The zero-order chi connectivity index (χ0) is 24.8. The molecule has 4 rings (SSSR count). The molecule has 1 aromatic heterocycles. The molecule has 0 aliphatic carbocycles. The summed E-state index contributed by atoms with van der Waals surface area (Å²) in [7, 11) is 8.03. The third-order valence-electron chi connectivity index (χ3n) is 5.92. The molecular formula is C29H55N5O2W. The Kier molecular flexibility index (Phi) is 27.1. The zero-order valence-corrected chi connectivity index (χ0v) is 24.5. The summed E-state index contributed by atoms with van der Waals surface area (Å²) in [5, 5.41) is 12.0. The number of hydrogen-bond donors (Lipinski definition) is 1. The minimum Gasteiger partial charge on any atom is -0.478 e. The molecule has 2 aliphatic heterocycles. The van der Waals surface area contributed by atoms with Crippen LogP contribution < -0.4 is 0 Å². The molecule has 1 N–H and O–H groups in total. The second kappa shape index (κ2) is 23.6. The fraction of sp³-hybridized carbons (Fsp3) is 0.586. The molecule has 3 heterocycles. The Labute approximate surface area is 243 Å². The van der Waals surface area contributed by atoms with E-state index in [1.807, 2.05) is 11.9 Å². The van der Waals surface area contributed by atoms with Gasteiger partial charge in [-0.25, -0.2) is 4.79 Å². The van der Waals surface area contributed by atoms with Crippen molar-refractivity contribution >= 4 is 5.97 Å². The van der Waals surface area contributed by atoms with Gasteiger partial charge in [0.05, 0.1) is 11.8 Å². The van der Waals surface area contributed by atoms with Crippen molar-refractivity contribution in [1.29, 1.82) is 0 Å². The summed E-state index contributed by atoms with van der Waals surface area (Å²) < 4.78 is 1.45. The van der Waals surface area contributed by atoms with Crippen LogP contribution >= 0.6 is 0 Å². The van der Waals surface area contributed by atoms with E-state index >= 15 is 0 Å². The number of fused-ring (bicyclic) bond motifs is 1. The van der Waals surface area contributed by atoms with Gasteiger partial charge in [0.15, 0.2) is 0 Å². The number of carboxylic acids is 1. The van der Waals surface area contributed by atoms with Crippen LogP contribution in [0.5, 0.6) is 0 Å². The number of likely N-dealkylation sites (tertiary alicyclic amines) is 1. The van der Waals surface area contributed by atoms with Crippen LogP contribution in [0.25, 0.3) is 0 Å². The van der Waals surface area contributed by atoms with Gasteiger partial charge in [0, 0.05) is 32.4 Å². The van der Waals surface area contributed by atoms with Gasteiger partial charge in [-0.1, -0.05) is 46.5 Å². The number of carboxylic acid groups (broad SMARTS) is 1. The Morgan fingerprint density at radius 1 is 1.08 bits per heavy atom. The van der Waals surface area contributed by atoms with Crippen molar-refractivity contribution in [3.05, 3.63) is 67.2 Å². The third-order valence-corrected chi connectivity index (χ3v) is 5.92. The summed E-state index contributed by atoms with van der Waals surface area (Å²) >= 11 is 0. The van der Waals surface area contributed by atoms with Crippen LogP contribution in [0, 0.1) is 13.8 Å². The molecule has 0 saturated carbocycles. The second-order valence-electron chi connectivity index (χ2n) is 8.74. The van der Waals surface area contributed by atoms with Gasteiger partial charge in [-0.3, -0.25) is 4.68 Å². The van der Waals surface area contributed by atoms with E-state index in [2.05, 4.69) is 74.0 Å². The summed E-state index contributed by atoms with van der Waals surface area (Å²) in [5.74, 6) is -0.942. The molecule has 1 atom stereocenters. The smallest absolute Gasteiger partial charge is 0.478 e. The number of rotatable bonds is 3. The van der Waals surface area contributed by atoms with Crippen molar-refractivity contribution in [2.24, 2.45) is 7.05 Å². The molecule has 1 aromatic carbocycles. The van der Waals surface area contributed by atoms with Crippen LogP contribution in [0.1, 0.15) is 63.5 Å². The van der Waals surface area contributed by atoms with E-state index < -0.39 is 5.97 Å². The molecule has 1 saturated heterocycles. The van der Waals surface area contributed by atoms with Crippen molar-refractivity contribution in [3.63, 3.8) is 0 Å². The predicted molar refractivity (Wildman–Crippen MR) is 156 cm³/mol. The Morgan fingerprint density at radius 3 is 1.97 bits per heavy atom. The number of hydrogen-bond acceptors (Lipinski definition) is 5. The fourth-order valence-electron chi connectivity index (χ4n) is 3.36. The molecule has 0 bridgehead atoms. The molecule has 2 aliphatic rings. The maximum absolute atomic E-state index is 10.2. The number of likely N-dealkylation sites (N-methyl/N-ethyl adjacent to an activating group) is 1. The molecule has 0 amide bonds. The molecular weight excluding hydrogens is 634 g/mol. The first-order valence-corrected chi connectivity index (χ1v) is 11.6. The zero-order valence-electron chi connectivity index (χ0n) is 21.6. The van der Waals surface area contributed by atoms with Crippen molar-refractivity contribution < 1.29 is 31.0 Å². The topological polar surface area (TPSA) is 64.8 Å². The third kappa shape index (κ3) is 17.6. The van der Waals surface area contributed by atoms with E-state index in [0.717, 1.165) is 25.7 Å². The summed E-state index contributed by atoms with van der Waals surface area (Å²) in [6, 6.07) is 9.56. The summed E-state index contributed by atoms with van der Waals surface area (Å²) in [6.45, 7) is 14.9. The summed E-state index contributed by atoms with van der Waals surface area (Å²) in [6.07, 6.45) is 6.77. The van der Waals surface area contributed by atoms with E-state index in [4.69, 9.17) is 5.11 Å². The predicted octanol–water partition coefficient (Wildman–Crippen LogP) is 5.39. The fourth-order valence-corrected chi connectivity index (χ4v) is 3.36. The molecule has 7 nitrogen and oxygen atoms in total. The Bertz CT molecular complexity index is 803. The average Bonchev–Trinajstić information content (AvgIpc) is 3.42. The van der Waals surface area contributed by atoms with Gasteiger partial charge in [-0.2, -0.15) is 5.10 Å². The molecule has 0 radical (unpaired) electrons. The minimum absolute atomic E-state index is 0. The van der Waals surface area contributed by atoms with E-state index in [1.54, 1.807) is 7.05 Å². The van der Waals surface area contributed by atoms with Crippen LogP contribution in [-0.4, -0.2) is 88.9 Å². The maximum Gasteiger partial charge on any atom is 2.00 e. The molecule has 214 valence electrons. The van der Waals surface area contributed by atoms with E-state index in [1.165, 1.54) is 60.6 Å². The van der Waals surface area contributed by atoms with Gasteiger partial charge < -0.3 is 33.7 Å². The number of aromatic carboxylic acids is 1. The van der Waals surface area contributed by atoms with Crippen LogP contribution in [-0.2, 0) is 41.1 Å². The molecule has 37 heavy (non-hydrogen) atoms. The van der Waals surface area contributed by atoms with Crippen molar-refractivity contribution in [2.75, 3.05) is 47.3 Å². The number of carbonyl (C=O) groups is 1. The number of aromatic nitrogens is 2. The van der Waals surface area contributed by atoms with Gasteiger partial charge in [0.25, 0.3) is 0 Å². The SMILES string of the molecule is C.C.C.CC1CCCN1C.CN1CCc2ccccc2C1.Cn1cc(C(=O)O)cn1.[CH2-]CN(C)C[CH2-].[W+2]. The minimum atomic E-state index is -0.942. The van der Waals surface area contributed by atoms with Crippen molar-refractivity contribution in [1.82, 2.24) is 24.5 Å². The molecule has 8 heteroatoms. The number of aryl methyl sites for hydroxylation is 1. The Hall–Kier alpha value is -1.53. The second-order valence-corrected chi connectivity index (χ2v) is 8.74. The van der Waals surface area contributed by atoms with E-state index in [9.17, 15) is 4.79 Å². The monoisotopic (exact) mass is 689 g/mol. The van der Waals surface area contributed by atoms with Crippen LogP contribution in [0.2, 0.25) is 0 Å². The Balaban J connectivity index is -0.000000194. The number of nitrogens with zero attached hydrogens (tertiary/aromatic N) is 5. The quantitative estimate of drug-likeness (QED) is 0.437. The van der Waals surface area contributed by atoms with Gasteiger partial charge in [0.1, 0.15) is 0 Å². The standard InChI is InChI=1S/C10H13N.C6H13N.C5H6N2O2.C5H11N.3CH4.W/c1-11-7-6-9-4-2-3-5-10(9)8-11;1-6-4-3-5-7(6)2;1-7-3-4(2-6-7)5(8)9;1-4-6(3)5-2;;;;/h2-5H,6-8H2,1H3;6H,3-5H2,1-2H3;2-3H,1H3,(H,8,9);1-2,4-5H2,3H3;3*1H4;/q;;;-2;;;;+2. The summed E-state index contributed by atoms with van der Waals surface area (Å²) in [5.41, 5.74) is 3.25. The van der Waals surface area contributed by atoms with E-state index in [0.29, 0.717) is 0 Å². The van der Waals surface area contributed by atoms with Gasteiger partial charge in [0.2, 0.25) is 0 Å². The molecule has 1 unspecified atom stereocenters. The first kappa shape index (κ1) is 42.6. The largest absolute Gasteiger partial charge is 2.00 e. The molecule has 2 aromatic rings. The molecule has 0 spiro atoms. The summed E-state index contributed by atoms with van der Waals surface area (Å²) in [4.78, 5) is 17.0. The van der Waals surface area contributed by atoms with Crippen LogP contribution in [0.3, 0.4) is 0 Å². The van der Waals surface area contributed by atoms with Gasteiger partial charge in [-0.05, 0) is 65.0 Å². The average molecular weight is 690 g/mol. The van der Waals surface area contributed by atoms with E-state index in [-0.39, 0.29) is 48.9 Å². The number of benzene rings is 1. The first-order chi connectivity index (χ1) is 15.7. The Morgan fingerprint density at radius 2 is 1.65 bits per heavy atom. The normalized spacial score (nSPS) is 15.7. The van der Waals surface area contributed by atoms with Crippen molar-refractivity contribution in [3.8, 4) is 0 Å². The van der Waals surface area contributed by atoms with Crippen LogP contribution in [0.4, 0.5) is 0 Å².